The van der Waals surface area contributed by atoms with E-state index >= 15 is 0 Å². The molecule has 10 heteroatoms. The quantitative estimate of drug-likeness (QED) is 0.430. The van der Waals surface area contributed by atoms with Gasteiger partial charge in [0.2, 0.25) is 0 Å². The number of aliphatic imine (C=N–C) groups is 1. The van der Waals surface area contributed by atoms with E-state index in [9.17, 15) is 9.59 Å². The van der Waals surface area contributed by atoms with Gasteiger partial charge in [-0.25, -0.2) is 14.8 Å². The predicted octanol–water partition coefficient (Wildman–Crippen LogP) is 4.23. The predicted molar refractivity (Wildman–Crippen MR) is 152 cm³/mol. The molecule has 6 rings (SSSR count). The number of benzene rings is 2. The molecule has 2 atom stereocenters. The van der Waals surface area contributed by atoms with Crippen LogP contribution in [-0.2, 0) is 11.2 Å². The van der Waals surface area contributed by atoms with E-state index in [0.29, 0.717) is 12.5 Å². The Bertz CT molecular complexity index is 1320. The highest BCUT2D eigenvalue weighted by Gasteiger charge is 2.52. The van der Waals surface area contributed by atoms with Crippen molar-refractivity contribution in [2.24, 2.45) is 10.9 Å². The summed E-state index contributed by atoms with van der Waals surface area (Å²) >= 11 is 3.41. The van der Waals surface area contributed by atoms with Crippen molar-refractivity contribution in [2.45, 2.75) is 35.8 Å². The summed E-state index contributed by atoms with van der Waals surface area (Å²) in [5.74, 6) is 2.09. The number of aromatic nitrogens is 1. The third kappa shape index (κ3) is 4.75. The minimum absolute atomic E-state index is 0.180. The second kappa shape index (κ2) is 10.6. The lowest BCUT2D eigenvalue weighted by Crippen LogP contribution is -2.64. The van der Waals surface area contributed by atoms with E-state index in [1.807, 2.05) is 18.2 Å². The van der Waals surface area contributed by atoms with Crippen LogP contribution in [-0.4, -0.2) is 94.2 Å². The average molecular weight is 549 g/mol. The number of carbonyl (C=O) groups excluding carboxylic acids is 2. The monoisotopic (exact) mass is 548 g/mol. The molecule has 38 heavy (non-hydrogen) atoms. The molecule has 0 radical (unpaired) electrons. The van der Waals surface area contributed by atoms with Crippen molar-refractivity contribution in [3.63, 3.8) is 0 Å². The minimum atomic E-state index is -0.490. The molecule has 2 fully saturated rings. The highest BCUT2D eigenvalue weighted by molar-refractivity contribution is 8.01. The number of nitrogens with zero attached hydrogens (tertiary/aromatic N) is 6. The Labute approximate surface area is 231 Å². The number of piperidine rings is 1. The standard InChI is InChI=1S/C28H32N6O2S2/c1-31-24-23(25(35)32(2)28(31)36)34(16-17-37-27-29-21-10-6-7-11-22(21)38-27)26(30-24)33-14-12-20(13-15-33)18-19-8-4-3-5-9-19/h3-11,20,23-24H,12-18H2,1-2H3. The van der Waals surface area contributed by atoms with Gasteiger partial charge in [0.1, 0.15) is 0 Å². The van der Waals surface area contributed by atoms with Crippen LogP contribution in [0.3, 0.4) is 0 Å². The highest BCUT2D eigenvalue weighted by Crippen LogP contribution is 2.33. The van der Waals surface area contributed by atoms with Gasteiger partial charge >= 0.3 is 6.03 Å². The lowest BCUT2D eigenvalue weighted by atomic mass is 9.90. The van der Waals surface area contributed by atoms with Gasteiger partial charge in [0.05, 0.1) is 10.2 Å². The number of rotatable bonds is 6. The number of likely N-dealkylation sites (N-methyl/N-ethyl adjacent to an activating group) is 2. The number of thioether (sulfide) groups is 1. The van der Waals surface area contributed by atoms with E-state index < -0.39 is 12.2 Å². The molecule has 1 aromatic heterocycles. The summed E-state index contributed by atoms with van der Waals surface area (Å²) < 4.78 is 2.21. The Kier molecular flexibility index (Phi) is 7.01. The number of guanidine groups is 1. The van der Waals surface area contributed by atoms with E-state index in [0.717, 1.165) is 53.9 Å². The molecule has 0 N–H and O–H groups in total. The van der Waals surface area contributed by atoms with Crippen molar-refractivity contribution < 1.29 is 9.59 Å². The van der Waals surface area contributed by atoms with E-state index in [1.54, 1.807) is 42.1 Å². The van der Waals surface area contributed by atoms with Crippen LogP contribution >= 0.6 is 23.1 Å². The van der Waals surface area contributed by atoms with Crippen LogP contribution in [0, 0.1) is 5.92 Å². The van der Waals surface area contributed by atoms with Gasteiger partial charge in [-0.05, 0) is 42.9 Å². The Morgan fingerprint density at radius 3 is 2.50 bits per heavy atom. The third-order valence-corrected chi connectivity index (χ3v) is 9.95. The van der Waals surface area contributed by atoms with Crippen LogP contribution in [0.25, 0.3) is 10.2 Å². The van der Waals surface area contributed by atoms with Crippen LogP contribution < -0.4 is 0 Å². The van der Waals surface area contributed by atoms with Gasteiger partial charge < -0.3 is 14.7 Å². The van der Waals surface area contributed by atoms with Crippen LogP contribution in [0.5, 0.6) is 0 Å². The fourth-order valence-corrected chi connectivity index (χ4v) is 7.76. The van der Waals surface area contributed by atoms with Crippen LogP contribution in [0.2, 0.25) is 0 Å². The average Bonchev–Trinajstić information content (AvgIpc) is 3.53. The maximum Gasteiger partial charge on any atom is 0.328 e. The number of hydrogen-bond acceptors (Lipinski definition) is 8. The fourth-order valence-electron chi connectivity index (χ4n) is 5.68. The molecule has 0 aliphatic carbocycles. The molecule has 0 bridgehead atoms. The Morgan fingerprint density at radius 1 is 1.00 bits per heavy atom. The van der Waals surface area contributed by atoms with Gasteiger partial charge in [-0.15, -0.1) is 11.3 Å². The summed E-state index contributed by atoms with van der Waals surface area (Å²) in [6.07, 6.45) is 2.77. The minimum Gasteiger partial charge on any atom is -0.343 e. The van der Waals surface area contributed by atoms with E-state index in [1.165, 1.54) is 15.2 Å². The summed E-state index contributed by atoms with van der Waals surface area (Å²) in [6.45, 7) is 2.46. The SMILES string of the molecule is CN1C(=O)C2C(N=C(N3CCC(Cc4ccccc4)CC3)N2CCSc2nc3ccccc3s2)N(C)C1=O. The molecule has 3 amide bonds. The van der Waals surface area contributed by atoms with Crippen LogP contribution in [0.1, 0.15) is 18.4 Å². The molecule has 3 aliphatic rings. The summed E-state index contributed by atoms with van der Waals surface area (Å²) in [5, 5.41) is 0. The lowest BCUT2D eigenvalue weighted by Gasteiger charge is -2.41. The number of amides is 3. The van der Waals surface area contributed by atoms with Gasteiger partial charge in [-0.2, -0.15) is 0 Å². The highest BCUT2D eigenvalue weighted by atomic mass is 32.2. The van der Waals surface area contributed by atoms with Crippen molar-refractivity contribution in [3.8, 4) is 0 Å². The first-order valence-electron chi connectivity index (χ1n) is 13.2. The summed E-state index contributed by atoms with van der Waals surface area (Å²) in [6, 6.07) is 18.1. The number of likely N-dealkylation sites (tertiary alicyclic amines) is 1. The van der Waals surface area contributed by atoms with Gasteiger partial charge in [0.15, 0.2) is 22.5 Å². The normalized spacial score (nSPS) is 22.4. The van der Waals surface area contributed by atoms with Gasteiger partial charge in [0, 0.05) is 39.5 Å². The molecule has 4 heterocycles. The van der Waals surface area contributed by atoms with E-state index in [4.69, 9.17) is 9.98 Å². The molecular formula is C28H32N6O2S2. The topological polar surface area (TPSA) is 72.4 Å². The van der Waals surface area contributed by atoms with E-state index in [-0.39, 0.29) is 11.9 Å². The third-order valence-electron chi connectivity index (χ3n) is 7.79. The molecule has 3 aliphatic heterocycles. The Morgan fingerprint density at radius 2 is 1.74 bits per heavy atom. The van der Waals surface area contributed by atoms with Gasteiger partial charge in [-0.1, -0.05) is 54.2 Å². The van der Waals surface area contributed by atoms with Gasteiger partial charge in [0.25, 0.3) is 5.91 Å². The Hall–Kier alpha value is -3.11. The van der Waals surface area contributed by atoms with Crippen LogP contribution in [0.15, 0.2) is 63.9 Å². The first-order chi connectivity index (χ1) is 18.5. The Balaban J connectivity index is 1.17. The summed E-state index contributed by atoms with van der Waals surface area (Å²) in [7, 11) is 3.31. The second-order valence-corrected chi connectivity index (χ2v) is 12.6. The number of para-hydroxylation sites is 1. The first-order valence-corrected chi connectivity index (χ1v) is 15.0. The largest absolute Gasteiger partial charge is 0.343 e. The molecule has 2 unspecified atom stereocenters. The number of fused-ring (bicyclic) bond motifs is 2. The maximum absolute atomic E-state index is 13.3. The first kappa shape index (κ1) is 25.2. The molecule has 198 valence electrons. The number of thiazole rings is 1. The van der Waals surface area contributed by atoms with Crippen molar-refractivity contribution in [3.05, 3.63) is 60.2 Å². The van der Waals surface area contributed by atoms with E-state index in [2.05, 4.69) is 46.2 Å². The second-order valence-electron chi connectivity index (χ2n) is 10.2. The number of carbonyl (C=O) groups is 2. The van der Waals surface area contributed by atoms with Crippen molar-refractivity contribution >= 4 is 51.2 Å². The molecule has 0 spiro atoms. The van der Waals surface area contributed by atoms with Crippen LogP contribution in [0.4, 0.5) is 4.79 Å². The van der Waals surface area contributed by atoms with Gasteiger partial charge in [-0.3, -0.25) is 9.69 Å². The lowest BCUT2D eigenvalue weighted by molar-refractivity contribution is -0.136. The van der Waals surface area contributed by atoms with Crippen molar-refractivity contribution in [2.75, 3.05) is 39.5 Å². The maximum atomic E-state index is 13.3. The molecule has 3 aromatic rings. The summed E-state index contributed by atoms with van der Waals surface area (Å²) in [5.41, 5.74) is 2.41. The van der Waals surface area contributed by atoms with Crippen molar-refractivity contribution in [1.29, 1.82) is 0 Å². The molecule has 2 saturated heterocycles. The number of imide groups is 1. The molecule has 0 saturated carbocycles. The zero-order chi connectivity index (χ0) is 26.2. The number of urea groups is 1. The number of hydrogen-bond donors (Lipinski definition) is 0. The fraction of sp³-hybridized carbons (Fsp3) is 0.429. The smallest absolute Gasteiger partial charge is 0.328 e. The molecule has 2 aromatic carbocycles. The zero-order valence-electron chi connectivity index (χ0n) is 21.7. The molecular weight excluding hydrogens is 516 g/mol. The van der Waals surface area contributed by atoms with Crippen molar-refractivity contribution in [1.82, 2.24) is 24.6 Å². The zero-order valence-corrected chi connectivity index (χ0v) is 23.3. The summed E-state index contributed by atoms with van der Waals surface area (Å²) in [4.78, 5) is 43.1. The molecule has 8 nitrogen and oxygen atoms in total.